The van der Waals surface area contributed by atoms with E-state index >= 15 is 0 Å². The number of aliphatic hydroxyl groups is 1. The minimum atomic E-state index is -4.45. The zero-order valence-electron chi connectivity index (χ0n) is 17.6. The average molecular weight is 449 g/mol. The van der Waals surface area contributed by atoms with E-state index in [1.54, 1.807) is 42.8 Å². The van der Waals surface area contributed by atoms with Crippen molar-refractivity contribution in [2.45, 2.75) is 39.5 Å². The maximum Gasteiger partial charge on any atom is 0.408 e. The normalized spacial score (nSPS) is 13.8. The van der Waals surface area contributed by atoms with Gasteiger partial charge in [0.05, 0.1) is 12.1 Å². The van der Waals surface area contributed by atoms with Crippen LogP contribution in [0.4, 0.5) is 13.2 Å². The van der Waals surface area contributed by atoms with Crippen LogP contribution in [-0.4, -0.2) is 54.6 Å². The highest BCUT2D eigenvalue weighted by Crippen LogP contribution is 2.35. The molecule has 0 bridgehead atoms. The van der Waals surface area contributed by atoms with Crippen LogP contribution in [0.5, 0.6) is 5.75 Å². The second kappa shape index (κ2) is 8.05. The molecule has 1 aliphatic heterocycles. The molecule has 0 amide bonds. The Hall–Kier alpha value is -3.21. The SMILES string of the molecule is CC(C)(CO)CC(=O)c1ccc2c(c1)-c1nc(-c3ncnn3CC(F)(F)F)cn1CCO2. The number of hydrogen-bond acceptors (Lipinski definition) is 6. The van der Waals surface area contributed by atoms with Crippen LogP contribution in [0.25, 0.3) is 22.9 Å². The van der Waals surface area contributed by atoms with Crippen LogP contribution in [0.1, 0.15) is 30.6 Å². The molecule has 0 unspecified atom stereocenters. The van der Waals surface area contributed by atoms with Gasteiger partial charge in [-0.1, -0.05) is 13.8 Å². The first-order chi connectivity index (χ1) is 15.1. The Bertz CT molecular complexity index is 1150. The molecular formula is C21H22F3N5O3. The maximum absolute atomic E-state index is 12.9. The van der Waals surface area contributed by atoms with Gasteiger partial charge < -0.3 is 14.4 Å². The number of alkyl halides is 3. The summed E-state index contributed by atoms with van der Waals surface area (Å²) in [5.41, 5.74) is 0.678. The van der Waals surface area contributed by atoms with Crippen molar-refractivity contribution in [1.29, 1.82) is 0 Å². The monoisotopic (exact) mass is 449 g/mol. The highest BCUT2D eigenvalue weighted by atomic mass is 19.4. The Morgan fingerprint density at radius 1 is 1.25 bits per heavy atom. The third-order valence-electron chi connectivity index (χ3n) is 5.15. The van der Waals surface area contributed by atoms with E-state index in [0.29, 0.717) is 35.9 Å². The van der Waals surface area contributed by atoms with Crippen LogP contribution >= 0.6 is 0 Å². The molecule has 1 N–H and O–H groups in total. The number of benzene rings is 1. The number of ketones is 1. The fourth-order valence-corrected chi connectivity index (χ4v) is 3.51. The fourth-order valence-electron chi connectivity index (χ4n) is 3.51. The molecule has 0 atom stereocenters. The van der Waals surface area contributed by atoms with Crippen molar-refractivity contribution in [3.05, 3.63) is 36.3 Å². The summed E-state index contributed by atoms with van der Waals surface area (Å²) in [5.74, 6) is 0.849. The summed E-state index contributed by atoms with van der Waals surface area (Å²) in [4.78, 5) is 21.2. The van der Waals surface area contributed by atoms with Crippen LogP contribution in [0.2, 0.25) is 0 Å². The Labute approximate surface area is 181 Å². The highest BCUT2D eigenvalue weighted by Gasteiger charge is 2.31. The fraction of sp³-hybridized carbons (Fsp3) is 0.429. The number of carbonyl (C=O) groups is 1. The number of fused-ring (bicyclic) bond motifs is 3. The molecule has 11 heteroatoms. The molecule has 2 aromatic heterocycles. The predicted molar refractivity (Wildman–Crippen MR) is 108 cm³/mol. The summed E-state index contributed by atoms with van der Waals surface area (Å²) in [6.45, 7) is 2.95. The van der Waals surface area contributed by atoms with Gasteiger partial charge in [-0.2, -0.15) is 18.3 Å². The van der Waals surface area contributed by atoms with Gasteiger partial charge in [0.1, 0.15) is 36.7 Å². The molecule has 0 fully saturated rings. The van der Waals surface area contributed by atoms with Gasteiger partial charge in [-0.05, 0) is 23.6 Å². The molecule has 0 aliphatic carbocycles. The molecule has 3 heterocycles. The first kappa shape index (κ1) is 22.0. The second-order valence-electron chi connectivity index (χ2n) is 8.48. The Balaban J connectivity index is 1.72. The Morgan fingerprint density at radius 3 is 2.75 bits per heavy atom. The minimum absolute atomic E-state index is 0.00212. The minimum Gasteiger partial charge on any atom is -0.491 e. The quantitative estimate of drug-likeness (QED) is 0.580. The maximum atomic E-state index is 12.9. The summed E-state index contributed by atoms with van der Waals surface area (Å²) >= 11 is 0. The van der Waals surface area contributed by atoms with Crippen molar-refractivity contribution in [1.82, 2.24) is 24.3 Å². The van der Waals surface area contributed by atoms with Crippen molar-refractivity contribution in [2.24, 2.45) is 5.41 Å². The smallest absolute Gasteiger partial charge is 0.408 e. The summed E-state index contributed by atoms with van der Waals surface area (Å²) in [5, 5.41) is 13.1. The molecule has 0 saturated heterocycles. The van der Waals surface area contributed by atoms with Crippen LogP contribution < -0.4 is 4.74 Å². The first-order valence-corrected chi connectivity index (χ1v) is 10.00. The number of aliphatic hydroxyl groups excluding tert-OH is 1. The number of aromatic nitrogens is 5. The van der Waals surface area contributed by atoms with Crippen molar-refractivity contribution in [2.75, 3.05) is 13.2 Å². The van der Waals surface area contributed by atoms with E-state index < -0.39 is 18.1 Å². The third-order valence-corrected chi connectivity index (χ3v) is 5.15. The third kappa shape index (κ3) is 4.52. The van der Waals surface area contributed by atoms with E-state index in [9.17, 15) is 23.1 Å². The predicted octanol–water partition coefficient (Wildman–Crippen LogP) is 3.35. The number of imidazole rings is 1. The summed E-state index contributed by atoms with van der Waals surface area (Å²) in [6, 6.07) is 5.01. The van der Waals surface area contributed by atoms with Crippen molar-refractivity contribution in [3.63, 3.8) is 0 Å². The molecule has 8 nitrogen and oxygen atoms in total. The number of carbonyl (C=O) groups excluding carboxylic acids is 1. The van der Waals surface area contributed by atoms with Gasteiger partial charge >= 0.3 is 6.18 Å². The van der Waals surface area contributed by atoms with Crippen LogP contribution in [0, 0.1) is 5.41 Å². The summed E-state index contributed by atoms with van der Waals surface area (Å²) in [6.07, 6.45) is -1.63. The lowest BCUT2D eigenvalue weighted by atomic mass is 9.86. The van der Waals surface area contributed by atoms with Gasteiger partial charge in [0.15, 0.2) is 11.6 Å². The Morgan fingerprint density at radius 2 is 2.03 bits per heavy atom. The molecule has 32 heavy (non-hydrogen) atoms. The zero-order valence-corrected chi connectivity index (χ0v) is 17.6. The number of nitrogens with zero attached hydrogens (tertiary/aromatic N) is 5. The number of Topliss-reactive ketones (excluding diaryl/α,β-unsaturated/α-hetero) is 1. The topological polar surface area (TPSA) is 95.1 Å². The van der Waals surface area contributed by atoms with Crippen LogP contribution in [0.15, 0.2) is 30.7 Å². The highest BCUT2D eigenvalue weighted by molar-refractivity contribution is 5.98. The molecule has 4 rings (SSSR count). The summed E-state index contributed by atoms with van der Waals surface area (Å²) in [7, 11) is 0. The number of hydrogen-bond donors (Lipinski definition) is 1. The van der Waals surface area contributed by atoms with Crippen molar-refractivity contribution >= 4 is 5.78 Å². The lowest BCUT2D eigenvalue weighted by molar-refractivity contribution is -0.142. The number of halogens is 3. The molecular weight excluding hydrogens is 427 g/mol. The first-order valence-electron chi connectivity index (χ1n) is 10.00. The van der Waals surface area contributed by atoms with E-state index in [4.69, 9.17) is 4.74 Å². The number of rotatable bonds is 6. The molecule has 1 aliphatic rings. The van der Waals surface area contributed by atoms with Gasteiger partial charge in [-0.3, -0.25) is 4.79 Å². The van der Waals surface area contributed by atoms with E-state index in [2.05, 4.69) is 15.1 Å². The Kier molecular flexibility index (Phi) is 5.53. The van der Waals surface area contributed by atoms with E-state index in [0.717, 1.165) is 11.0 Å². The molecule has 1 aromatic carbocycles. The van der Waals surface area contributed by atoms with Gasteiger partial charge in [-0.15, -0.1) is 0 Å². The van der Waals surface area contributed by atoms with Crippen LogP contribution in [-0.2, 0) is 13.1 Å². The van der Waals surface area contributed by atoms with Crippen LogP contribution in [0.3, 0.4) is 0 Å². The van der Waals surface area contributed by atoms with E-state index in [1.807, 2.05) is 0 Å². The van der Waals surface area contributed by atoms with Gasteiger partial charge in [0.25, 0.3) is 0 Å². The lowest BCUT2D eigenvalue weighted by Crippen LogP contribution is -2.21. The van der Waals surface area contributed by atoms with Crippen molar-refractivity contribution < 1.29 is 27.8 Å². The molecule has 170 valence electrons. The standard InChI is InChI=1S/C21H22F3N5O3/c1-20(2,11-30)8-16(31)13-3-4-17-14(7-13)18-27-15(9-28(18)5-6-32-17)19-25-12-26-29(19)10-21(22,23)24/h3-4,7,9,12,30H,5-6,8,10-11H2,1-2H3. The van der Waals surface area contributed by atoms with E-state index in [-0.39, 0.29) is 30.3 Å². The lowest BCUT2D eigenvalue weighted by Gasteiger charge is -2.20. The largest absolute Gasteiger partial charge is 0.491 e. The van der Waals surface area contributed by atoms with E-state index in [1.165, 1.54) is 0 Å². The summed E-state index contributed by atoms with van der Waals surface area (Å²) < 4.78 is 46.9. The molecule has 0 radical (unpaired) electrons. The average Bonchev–Trinajstić information content (AvgIpc) is 3.29. The zero-order chi connectivity index (χ0) is 23.1. The molecule has 0 spiro atoms. The van der Waals surface area contributed by atoms with Gasteiger partial charge in [-0.25, -0.2) is 14.6 Å². The number of ether oxygens (including phenoxy) is 1. The van der Waals surface area contributed by atoms with Gasteiger partial charge in [0, 0.05) is 24.8 Å². The molecule has 0 saturated carbocycles. The van der Waals surface area contributed by atoms with Gasteiger partial charge in [0.2, 0.25) is 0 Å². The van der Waals surface area contributed by atoms with Crippen molar-refractivity contribution in [3.8, 4) is 28.7 Å². The molecule has 3 aromatic rings. The second-order valence-corrected chi connectivity index (χ2v) is 8.48.